The Kier molecular flexibility index (Phi) is 6.23. The van der Waals surface area contributed by atoms with E-state index >= 15 is 0 Å². The van der Waals surface area contributed by atoms with Gasteiger partial charge in [-0.1, -0.05) is 0 Å². The summed E-state index contributed by atoms with van der Waals surface area (Å²) in [5, 5.41) is 0. The first-order valence-electron chi connectivity index (χ1n) is 10.2. The Balaban J connectivity index is 1.33. The predicted molar refractivity (Wildman–Crippen MR) is 106 cm³/mol. The lowest BCUT2D eigenvalue weighted by atomic mass is 10.3. The van der Waals surface area contributed by atoms with E-state index in [1.165, 1.54) is 0 Å². The summed E-state index contributed by atoms with van der Waals surface area (Å²) in [5.74, 6) is 2.97. The molecule has 154 valence electrons. The van der Waals surface area contributed by atoms with Crippen molar-refractivity contribution < 1.29 is 14.3 Å². The number of carbonyl (C=O) groups is 1. The van der Waals surface area contributed by atoms with Gasteiger partial charge in [-0.2, -0.15) is 0 Å². The molecule has 0 spiro atoms. The van der Waals surface area contributed by atoms with Crippen LogP contribution in [0.15, 0.2) is 6.07 Å². The Morgan fingerprint density at radius 2 is 1.39 bits per heavy atom. The number of ether oxygens (including phenoxy) is 2. The molecule has 28 heavy (non-hydrogen) atoms. The van der Waals surface area contributed by atoms with Crippen molar-refractivity contribution in [2.75, 3.05) is 95.1 Å². The number of amides is 1. The number of anilines is 2. The molecule has 0 atom stereocenters. The van der Waals surface area contributed by atoms with E-state index in [-0.39, 0.29) is 5.91 Å². The molecule has 1 aromatic heterocycles. The largest absolute Gasteiger partial charge is 0.378 e. The van der Waals surface area contributed by atoms with E-state index < -0.39 is 0 Å². The highest BCUT2D eigenvalue weighted by molar-refractivity contribution is 5.78. The molecule has 1 aromatic rings. The molecule has 0 saturated carbocycles. The summed E-state index contributed by atoms with van der Waals surface area (Å²) in [6, 6.07) is 2.09. The molecule has 9 nitrogen and oxygen atoms in total. The van der Waals surface area contributed by atoms with Crippen molar-refractivity contribution in [1.29, 1.82) is 0 Å². The highest BCUT2D eigenvalue weighted by Crippen LogP contribution is 2.21. The molecule has 3 saturated heterocycles. The van der Waals surface area contributed by atoms with E-state index in [2.05, 4.69) is 30.7 Å². The molecule has 0 unspecified atom stereocenters. The lowest BCUT2D eigenvalue weighted by Gasteiger charge is -2.37. The quantitative estimate of drug-likeness (QED) is 0.688. The van der Waals surface area contributed by atoms with Gasteiger partial charge in [-0.25, -0.2) is 9.97 Å². The van der Waals surface area contributed by atoms with Crippen LogP contribution in [-0.4, -0.2) is 111 Å². The minimum atomic E-state index is 0.212. The first-order valence-corrected chi connectivity index (χ1v) is 10.2. The first-order chi connectivity index (χ1) is 13.7. The number of morpholine rings is 2. The summed E-state index contributed by atoms with van der Waals surface area (Å²) in [6.07, 6.45) is 0. The van der Waals surface area contributed by atoms with Crippen molar-refractivity contribution in [3.63, 3.8) is 0 Å². The van der Waals surface area contributed by atoms with Gasteiger partial charge in [0.25, 0.3) is 0 Å². The van der Waals surface area contributed by atoms with Crippen LogP contribution in [0.1, 0.15) is 5.82 Å². The van der Waals surface area contributed by atoms with E-state index in [0.29, 0.717) is 32.8 Å². The summed E-state index contributed by atoms with van der Waals surface area (Å²) in [7, 11) is 0. The van der Waals surface area contributed by atoms with Crippen LogP contribution in [0.4, 0.5) is 11.6 Å². The minimum Gasteiger partial charge on any atom is -0.378 e. The zero-order chi connectivity index (χ0) is 19.3. The lowest BCUT2D eigenvalue weighted by Crippen LogP contribution is -2.51. The molecule has 4 rings (SSSR count). The van der Waals surface area contributed by atoms with E-state index in [1.54, 1.807) is 0 Å². The Morgan fingerprint density at radius 1 is 0.857 bits per heavy atom. The molecule has 0 N–H and O–H groups in total. The van der Waals surface area contributed by atoms with Gasteiger partial charge in [-0.3, -0.25) is 9.69 Å². The van der Waals surface area contributed by atoms with Crippen molar-refractivity contribution in [1.82, 2.24) is 19.8 Å². The summed E-state index contributed by atoms with van der Waals surface area (Å²) in [4.78, 5) is 30.5. The van der Waals surface area contributed by atoms with E-state index in [0.717, 1.165) is 69.9 Å². The van der Waals surface area contributed by atoms with Gasteiger partial charge in [0.15, 0.2) is 0 Å². The zero-order valence-corrected chi connectivity index (χ0v) is 16.7. The number of piperazine rings is 1. The molecule has 0 radical (unpaired) electrons. The zero-order valence-electron chi connectivity index (χ0n) is 16.7. The van der Waals surface area contributed by atoms with Gasteiger partial charge in [0.1, 0.15) is 17.5 Å². The van der Waals surface area contributed by atoms with Crippen molar-refractivity contribution in [2.24, 2.45) is 0 Å². The van der Waals surface area contributed by atoms with Crippen molar-refractivity contribution in [2.45, 2.75) is 6.92 Å². The predicted octanol–water partition coefficient (Wildman–Crippen LogP) is -0.398. The second-order valence-electron chi connectivity index (χ2n) is 7.49. The maximum absolute atomic E-state index is 12.5. The number of aromatic nitrogens is 2. The monoisotopic (exact) mass is 390 g/mol. The van der Waals surface area contributed by atoms with Crippen LogP contribution in [0.2, 0.25) is 0 Å². The van der Waals surface area contributed by atoms with Gasteiger partial charge in [-0.15, -0.1) is 0 Å². The normalized spacial score (nSPS) is 21.8. The van der Waals surface area contributed by atoms with Gasteiger partial charge < -0.3 is 24.2 Å². The van der Waals surface area contributed by atoms with E-state index in [4.69, 9.17) is 9.47 Å². The smallest absolute Gasteiger partial charge is 0.236 e. The Labute approximate surface area is 166 Å². The number of aryl methyl sites for hydroxylation is 1. The topological polar surface area (TPSA) is 74.3 Å². The number of carbonyl (C=O) groups excluding carboxylic acids is 1. The van der Waals surface area contributed by atoms with Crippen LogP contribution in [0.3, 0.4) is 0 Å². The molecule has 0 bridgehead atoms. The van der Waals surface area contributed by atoms with Gasteiger partial charge in [0.05, 0.1) is 33.0 Å². The Hall–Kier alpha value is -1.97. The first kappa shape index (κ1) is 19.4. The van der Waals surface area contributed by atoms with Crippen LogP contribution in [-0.2, 0) is 14.3 Å². The molecule has 0 aromatic carbocycles. The summed E-state index contributed by atoms with van der Waals surface area (Å²) < 4.78 is 10.8. The second kappa shape index (κ2) is 9.02. The minimum absolute atomic E-state index is 0.212. The molecule has 3 fully saturated rings. The van der Waals surface area contributed by atoms with E-state index in [9.17, 15) is 4.79 Å². The maximum atomic E-state index is 12.5. The van der Waals surface area contributed by atoms with Crippen LogP contribution >= 0.6 is 0 Å². The van der Waals surface area contributed by atoms with Crippen LogP contribution in [0, 0.1) is 6.92 Å². The van der Waals surface area contributed by atoms with Gasteiger partial charge in [0.2, 0.25) is 5.91 Å². The maximum Gasteiger partial charge on any atom is 0.236 e. The molecule has 1 amide bonds. The molecule has 3 aliphatic heterocycles. The highest BCUT2D eigenvalue weighted by Gasteiger charge is 2.24. The number of nitrogens with zero attached hydrogens (tertiary/aromatic N) is 6. The fraction of sp³-hybridized carbons (Fsp3) is 0.737. The summed E-state index contributed by atoms with van der Waals surface area (Å²) >= 11 is 0. The second-order valence-corrected chi connectivity index (χ2v) is 7.49. The summed E-state index contributed by atoms with van der Waals surface area (Å²) in [5.41, 5.74) is 0. The third-order valence-electron chi connectivity index (χ3n) is 5.56. The Bertz CT molecular complexity index is 668. The van der Waals surface area contributed by atoms with Crippen molar-refractivity contribution in [3.05, 3.63) is 11.9 Å². The van der Waals surface area contributed by atoms with Crippen LogP contribution in [0.25, 0.3) is 0 Å². The average molecular weight is 390 g/mol. The van der Waals surface area contributed by atoms with Gasteiger partial charge in [0, 0.05) is 58.4 Å². The van der Waals surface area contributed by atoms with Crippen molar-refractivity contribution in [3.8, 4) is 0 Å². The molecule has 0 aliphatic carbocycles. The fourth-order valence-corrected chi connectivity index (χ4v) is 3.89. The fourth-order valence-electron chi connectivity index (χ4n) is 3.89. The summed E-state index contributed by atoms with van der Waals surface area (Å²) in [6.45, 7) is 11.9. The lowest BCUT2D eigenvalue weighted by molar-refractivity contribution is -0.136. The third-order valence-corrected chi connectivity index (χ3v) is 5.56. The van der Waals surface area contributed by atoms with E-state index in [1.807, 2.05) is 11.8 Å². The SMILES string of the molecule is Cc1nc(N2CCOCC2)cc(N2CCN(CC(=O)N3CCOCC3)CC2)n1. The average Bonchev–Trinajstić information content (AvgIpc) is 2.75. The van der Waals surface area contributed by atoms with Crippen molar-refractivity contribution >= 4 is 17.5 Å². The van der Waals surface area contributed by atoms with Crippen LogP contribution < -0.4 is 9.80 Å². The van der Waals surface area contributed by atoms with Gasteiger partial charge >= 0.3 is 0 Å². The van der Waals surface area contributed by atoms with Crippen LogP contribution in [0.5, 0.6) is 0 Å². The Morgan fingerprint density at radius 3 is 2.00 bits per heavy atom. The highest BCUT2D eigenvalue weighted by atomic mass is 16.5. The molecule has 3 aliphatic rings. The molecular formula is C19H30N6O3. The number of rotatable bonds is 4. The molecular weight excluding hydrogens is 360 g/mol. The molecule has 4 heterocycles. The van der Waals surface area contributed by atoms with Gasteiger partial charge in [-0.05, 0) is 6.92 Å². The molecule has 9 heteroatoms. The third kappa shape index (κ3) is 4.71. The standard InChI is InChI=1S/C19H30N6O3/c1-16-20-17(14-18(21-16)24-6-10-27-11-7-24)23-4-2-22(3-5-23)15-19(26)25-8-12-28-13-9-25/h14H,2-13,15H2,1H3. The number of hydrogen-bond acceptors (Lipinski definition) is 8. The number of hydrogen-bond donors (Lipinski definition) is 0.